The van der Waals surface area contributed by atoms with Gasteiger partial charge in [0.15, 0.2) is 0 Å². The van der Waals surface area contributed by atoms with Crippen LogP contribution in [-0.2, 0) is 16.0 Å². The highest BCUT2D eigenvalue weighted by Crippen LogP contribution is 2.22. The Morgan fingerprint density at radius 3 is 2.82 bits per heavy atom. The Labute approximate surface area is 128 Å². The molecule has 3 rings (SSSR count). The molecule has 2 heterocycles. The van der Waals surface area contributed by atoms with Crippen LogP contribution in [0.2, 0.25) is 0 Å². The van der Waals surface area contributed by atoms with E-state index >= 15 is 0 Å². The van der Waals surface area contributed by atoms with E-state index in [1.54, 1.807) is 35.5 Å². The molecule has 1 atom stereocenters. The number of nitrogens with zero attached hydrogens (tertiary/aromatic N) is 2. The van der Waals surface area contributed by atoms with Gasteiger partial charge in [0.05, 0.1) is 19.6 Å². The number of rotatable bonds is 3. The van der Waals surface area contributed by atoms with Crippen molar-refractivity contribution in [3.05, 3.63) is 65.7 Å². The number of hydrogen-bond acceptors (Lipinski definition) is 3. The van der Waals surface area contributed by atoms with Gasteiger partial charge in [0.25, 0.3) is 0 Å². The van der Waals surface area contributed by atoms with Crippen molar-refractivity contribution in [2.45, 2.75) is 12.5 Å². The molecule has 1 saturated heterocycles. The van der Waals surface area contributed by atoms with Crippen LogP contribution in [0.1, 0.15) is 17.2 Å². The van der Waals surface area contributed by atoms with E-state index in [2.05, 4.69) is 4.98 Å². The minimum absolute atomic E-state index is 0.0764. The molecular weight excluding hydrogens is 283 g/mol. The topological polar surface area (TPSA) is 42.4 Å². The van der Waals surface area contributed by atoms with Gasteiger partial charge in [-0.3, -0.25) is 9.78 Å². The molecule has 0 saturated carbocycles. The first-order valence-corrected chi connectivity index (χ1v) is 7.27. The molecule has 0 unspecified atom stereocenters. The average Bonchev–Trinajstić information content (AvgIpc) is 2.58. The van der Waals surface area contributed by atoms with Gasteiger partial charge in [-0.2, -0.15) is 0 Å². The van der Waals surface area contributed by atoms with Crippen molar-refractivity contribution < 1.29 is 13.9 Å². The molecule has 1 amide bonds. The lowest BCUT2D eigenvalue weighted by atomic mass is 10.1. The third-order valence-corrected chi connectivity index (χ3v) is 3.80. The number of ether oxygens (including phenoxy) is 1. The van der Waals surface area contributed by atoms with Crippen LogP contribution in [-0.4, -0.2) is 35.5 Å². The summed E-state index contributed by atoms with van der Waals surface area (Å²) in [5.41, 5.74) is 1.43. The van der Waals surface area contributed by atoms with Gasteiger partial charge in [0, 0.05) is 18.9 Å². The van der Waals surface area contributed by atoms with Crippen molar-refractivity contribution in [1.82, 2.24) is 9.88 Å². The van der Waals surface area contributed by atoms with Crippen molar-refractivity contribution in [2.24, 2.45) is 0 Å². The number of benzene rings is 1. The van der Waals surface area contributed by atoms with Gasteiger partial charge in [-0.05, 0) is 29.3 Å². The molecule has 1 fully saturated rings. The van der Waals surface area contributed by atoms with Gasteiger partial charge < -0.3 is 9.64 Å². The first kappa shape index (κ1) is 14.7. The first-order valence-electron chi connectivity index (χ1n) is 7.27. The normalized spacial score (nSPS) is 18.2. The number of halogens is 1. The van der Waals surface area contributed by atoms with E-state index in [9.17, 15) is 9.18 Å². The molecule has 0 N–H and O–H groups in total. The molecule has 1 aromatic carbocycles. The Kier molecular flexibility index (Phi) is 4.44. The molecule has 0 aliphatic carbocycles. The zero-order valence-corrected chi connectivity index (χ0v) is 12.1. The lowest BCUT2D eigenvalue weighted by Gasteiger charge is -2.33. The van der Waals surface area contributed by atoms with E-state index in [1.165, 1.54) is 6.07 Å². The highest BCUT2D eigenvalue weighted by Gasteiger charge is 2.25. The number of carbonyl (C=O) groups excluding carboxylic acids is 1. The van der Waals surface area contributed by atoms with Gasteiger partial charge in [0.1, 0.15) is 11.9 Å². The lowest BCUT2D eigenvalue weighted by molar-refractivity contribution is -0.138. The smallest absolute Gasteiger partial charge is 0.227 e. The third-order valence-electron chi connectivity index (χ3n) is 3.80. The van der Waals surface area contributed by atoms with Crippen LogP contribution < -0.4 is 0 Å². The van der Waals surface area contributed by atoms with Crippen LogP contribution in [0.15, 0.2) is 48.8 Å². The second kappa shape index (κ2) is 6.66. The number of amides is 1. The molecule has 4 nitrogen and oxygen atoms in total. The summed E-state index contributed by atoms with van der Waals surface area (Å²) >= 11 is 0. The molecule has 0 spiro atoms. The highest BCUT2D eigenvalue weighted by molar-refractivity contribution is 5.79. The maximum Gasteiger partial charge on any atom is 0.227 e. The van der Waals surface area contributed by atoms with E-state index in [0.29, 0.717) is 25.3 Å². The van der Waals surface area contributed by atoms with Crippen LogP contribution in [0.3, 0.4) is 0 Å². The lowest BCUT2D eigenvalue weighted by Crippen LogP contribution is -2.43. The SMILES string of the molecule is O=C(Cc1ccccc1F)N1CCO[C@@H](c2ccncc2)C1. The van der Waals surface area contributed by atoms with E-state index in [0.717, 1.165) is 5.56 Å². The third kappa shape index (κ3) is 3.31. The van der Waals surface area contributed by atoms with Gasteiger partial charge in [-0.25, -0.2) is 4.39 Å². The summed E-state index contributed by atoms with van der Waals surface area (Å²) in [6.07, 6.45) is 3.34. The summed E-state index contributed by atoms with van der Waals surface area (Å²) in [7, 11) is 0. The van der Waals surface area contributed by atoms with Crippen molar-refractivity contribution in [3.8, 4) is 0 Å². The largest absolute Gasteiger partial charge is 0.370 e. The number of carbonyl (C=O) groups is 1. The Morgan fingerprint density at radius 2 is 2.05 bits per heavy atom. The van der Waals surface area contributed by atoms with Crippen LogP contribution in [0, 0.1) is 5.82 Å². The molecule has 1 aromatic heterocycles. The van der Waals surface area contributed by atoms with Gasteiger partial charge in [-0.15, -0.1) is 0 Å². The summed E-state index contributed by atoms with van der Waals surface area (Å²) in [6.45, 7) is 1.50. The fraction of sp³-hybridized carbons (Fsp3) is 0.294. The average molecular weight is 300 g/mol. The number of pyridine rings is 1. The predicted octanol–water partition coefficient (Wildman–Crippen LogP) is 2.36. The molecule has 0 radical (unpaired) electrons. The van der Waals surface area contributed by atoms with Crippen LogP contribution >= 0.6 is 0 Å². The van der Waals surface area contributed by atoms with Crippen molar-refractivity contribution in [2.75, 3.05) is 19.7 Å². The second-order valence-electron chi connectivity index (χ2n) is 5.25. The summed E-state index contributed by atoms with van der Waals surface area (Å²) in [5.74, 6) is -0.415. The number of aromatic nitrogens is 1. The summed E-state index contributed by atoms with van der Waals surface area (Å²) in [5, 5.41) is 0. The van der Waals surface area contributed by atoms with Crippen molar-refractivity contribution in [3.63, 3.8) is 0 Å². The van der Waals surface area contributed by atoms with Crippen LogP contribution in [0.4, 0.5) is 4.39 Å². The fourth-order valence-corrected chi connectivity index (χ4v) is 2.57. The predicted molar refractivity (Wildman–Crippen MR) is 79.6 cm³/mol. The molecule has 1 aliphatic rings. The van der Waals surface area contributed by atoms with Crippen LogP contribution in [0.5, 0.6) is 0 Å². The maximum atomic E-state index is 13.7. The minimum Gasteiger partial charge on any atom is -0.370 e. The van der Waals surface area contributed by atoms with Gasteiger partial charge in [-0.1, -0.05) is 18.2 Å². The van der Waals surface area contributed by atoms with Crippen molar-refractivity contribution in [1.29, 1.82) is 0 Å². The molecule has 1 aliphatic heterocycles. The highest BCUT2D eigenvalue weighted by atomic mass is 19.1. The summed E-state index contributed by atoms with van der Waals surface area (Å²) in [4.78, 5) is 18.1. The molecule has 2 aromatic rings. The second-order valence-corrected chi connectivity index (χ2v) is 5.25. The van der Waals surface area contributed by atoms with E-state index in [-0.39, 0.29) is 24.2 Å². The van der Waals surface area contributed by atoms with E-state index < -0.39 is 0 Å². The molecule has 5 heteroatoms. The molecule has 22 heavy (non-hydrogen) atoms. The van der Waals surface area contributed by atoms with E-state index in [1.807, 2.05) is 12.1 Å². The Hall–Kier alpha value is -2.27. The Balaban J connectivity index is 1.67. The first-order chi connectivity index (χ1) is 10.7. The molecular formula is C17H17FN2O2. The Morgan fingerprint density at radius 1 is 1.27 bits per heavy atom. The quantitative estimate of drug-likeness (QED) is 0.874. The Bertz CT molecular complexity index is 648. The maximum absolute atomic E-state index is 13.7. The van der Waals surface area contributed by atoms with Gasteiger partial charge >= 0.3 is 0 Å². The molecule has 0 bridgehead atoms. The zero-order chi connectivity index (χ0) is 15.4. The summed E-state index contributed by atoms with van der Waals surface area (Å²) < 4.78 is 19.4. The summed E-state index contributed by atoms with van der Waals surface area (Å²) in [6, 6.07) is 10.2. The zero-order valence-electron chi connectivity index (χ0n) is 12.1. The number of morpholine rings is 1. The van der Waals surface area contributed by atoms with Crippen LogP contribution in [0.25, 0.3) is 0 Å². The fourth-order valence-electron chi connectivity index (χ4n) is 2.57. The minimum atomic E-state index is -0.338. The standard InChI is InChI=1S/C17H17FN2O2/c18-15-4-2-1-3-14(15)11-17(21)20-9-10-22-16(12-20)13-5-7-19-8-6-13/h1-8,16H,9-12H2/t16-/m1/s1. The van der Waals surface area contributed by atoms with E-state index in [4.69, 9.17) is 4.74 Å². The molecule has 114 valence electrons. The monoisotopic (exact) mass is 300 g/mol. The number of hydrogen-bond donors (Lipinski definition) is 0. The van der Waals surface area contributed by atoms with Gasteiger partial charge in [0.2, 0.25) is 5.91 Å². The van der Waals surface area contributed by atoms with Crippen molar-refractivity contribution >= 4 is 5.91 Å².